The van der Waals surface area contributed by atoms with Gasteiger partial charge in [0.2, 0.25) is 0 Å². The van der Waals surface area contributed by atoms with Crippen molar-refractivity contribution in [2.24, 2.45) is 0 Å². The van der Waals surface area contributed by atoms with Crippen LogP contribution in [-0.2, 0) is 0 Å². The van der Waals surface area contributed by atoms with Crippen LogP contribution < -0.4 is 11.2 Å². The second-order valence-electron chi connectivity index (χ2n) is 2.76. The van der Waals surface area contributed by atoms with E-state index in [9.17, 15) is 9.59 Å². The van der Waals surface area contributed by atoms with Crippen molar-refractivity contribution in [1.82, 2.24) is 15.0 Å². The molecule has 2 aromatic heterocycles. The molecule has 0 radical (unpaired) electrons. The second kappa shape index (κ2) is 2.55. The van der Waals surface area contributed by atoms with Crippen molar-refractivity contribution in [2.45, 2.75) is 6.92 Å². The first kappa shape index (κ1) is 7.72. The Labute approximate surface area is 72.5 Å². The largest absolute Gasteiger partial charge is 0.327 e. The normalized spacial score (nSPS) is 10.5. The lowest BCUT2D eigenvalue weighted by molar-refractivity contribution is 1.06. The van der Waals surface area contributed by atoms with Gasteiger partial charge in [0.15, 0.2) is 0 Å². The number of rotatable bonds is 0. The van der Waals surface area contributed by atoms with E-state index in [1.807, 2.05) is 0 Å². The van der Waals surface area contributed by atoms with Gasteiger partial charge in [0, 0.05) is 6.20 Å². The van der Waals surface area contributed by atoms with Gasteiger partial charge in [-0.05, 0) is 18.6 Å². The molecule has 0 bridgehead atoms. The fourth-order valence-electron chi connectivity index (χ4n) is 1.24. The maximum Gasteiger partial charge on any atom is 0.327 e. The van der Waals surface area contributed by atoms with Gasteiger partial charge in [-0.3, -0.25) is 14.8 Å². The van der Waals surface area contributed by atoms with Gasteiger partial charge < -0.3 is 0 Å². The van der Waals surface area contributed by atoms with Crippen molar-refractivity contribution in [2.75, 3.05) is 0 Å². The summed E-state index contributed by atoms with van der Waals surface area (Å²) < 4.78 is 0. The van der Waals surface area contributed by atoms with Crippen LogP contribution in [0.3, 0.4) is 0 Å². The first-order valence-electron chi connectivity index (χ1n) is 3.76. The van der Waals surface area contributed by atoms with Gasteiger partial charge in [0.25, 0.3) is 5.56 Å². The number of fused-ring (bicyclic) bond motifs is 1. The highest BCUT2D eigenvalue weighted by molar-refractivity contribution is 5.76. The summed E-state index contributed by atoms with van der Waals surface area (Å²) in [6, 6.07) is 1.72. The van der Waals surface area contributed by atoms with Gasteiger partial charge in [-0.1, -0.05) is 0 Å². The zero-order valence-electron chi connectivity index (χ0n) is 6.92. The number of H-pyrrole nitrogens is 2. The quantitative estimate of drug-likeness (QED) is 0.590. The molecule has 0 unspecified atom stereocenters. The highest BCUT2D eigenvalue weighted by Crippen LogP contribution is 2.05. The van der Waals surface area contributed by atoms with Gasteiger partial charge in [-0.2, -0.15) is 0 Å². The van der Waals surface area contributed by atoms with Crippen molar-refractivity contribution < 1.29 is 0 Å². The molecule has 2 heterocycles. The molecule has 0 atom stereocenters. The molecule has 5 heteroatoms. The van der Waals surface area contributed by atoms with Gasteiger partial charge in [0.05, 0.1) is 5.39 Å². The SMILES string of the molecule is Cc1ccnc2[nH]c(=O)[nH]c(=O)c12. The summed E-state index contributed by atoms with van der Waals surface area (Å²) in [6.07, 6.45) is 1.55. The lowest BCUT2D eigenvalue weighted by Crippen LogP contribution is -2.22. The monoisotopic (exact) mass is 177 g/mol. The number of pyridine rings is 1. The van der Waals surface area contributed by atoms with Crippen molar-refractivity contribution in [1.29, 1.82) is 0 Å². The van der Waals surface area contributed by atoms with Crippen molar-refractivity contribution in [3.05, 3.63) is 38.7 Å². The topological polar surface area (TPSA) is 78.6 Å². The molecule has 0 fully saturated rings. The maximum atomic E-state index is 11.3. The Bertz CT molecular complexity index is 567. The predicted molar refractivity (Wildman–Crippen MR) is 47.7 cm³/mol. The molecule has 2 aromatic rings. The number of hydrogen-bond acceptors (Lipinski definition) is 3. The van der Waals surface area contributed by atoms with Crippen LogP contribution in [0.4, 0.5) is 0 Å². The van der Waals surface area contributed by atoms with Crippen LogP contribution >= 0.6 is 0 Å². The molecule has 13 heavy (non-hydrogen) atoms. The van der Waals surface area contributed by atoms with E-state index in [1.165, 1.54) is 0 Å². The Hall–Kier alpha value is -1.91. The minimum Gasteiger partial charge on any atom is -0.291 e. The van der Waals surface area contributed by atoms with E-state index < -0.39 is 11.2 Å². The highest BCUT2D eigenvalue weighted by Gasteiger charge is 2.02. The zero-order valence-corrected chi connectivity index (χ0v) is 6.92. The first-order chi connectivity index (χ1) is 6.18. The minimum atomic E-state index is -0.532. The standard InChI is InChI=1S/C8H7N3O2/c1-4-2-3-9-6-5(4)7(12)11-8(13)10-6/h2-3H,1H3,(H2,9,10,11,12,13). The number of nitrogens with zero attached hydrogens (tertiary/aromatic N) is 1. The van der Waals surface area contributed by atoms with E-state index in [0.717, 1.165) is 5.56 Å². The molecule has 66 valence electrons. The molecule has 0 aliphatic heterocycles. The van der Waals surface area contributed by atoms with E-state index in [0.29, 0.717) is 11.0 Å². The molecule has 0 aromatic carbocycles. The highest BCUT2D eigenvalue weighted by atomic mass is 16.2. The Kier molecular flexibility index (Phi) is 1.51. The smallest absolute Gasteiger partial charge is 0.291 e. The Morgan fingerprint density at radius 3 is 2.85 bits per heavy atom. The van der Waals surface area contributed by atoms with Crippen LogP contribution in [0.1, 0.15) is 5.56 Å². The third kappa shape index (κ3) is 1.14. The van der Waals surface area contributed by atoms with E-state index in [2.05, 4.69) is 15.0 Å². The zero-order chi connectivity index (χ0) is 9.42. The second-order valence-corrected chi connectivity index (χ2v) is 2.76. The molecular weight excluding hydrogens is 170 g/mol. The number of nitrogens with one attached hydrogen (secondary N) is 2. The van der Waals surface area contributed by atoms with Crippen LogP contribution in [0.5, 0.6) is 0 Å². The molecular formula is C8H7N3O2. The first-order valence-corrected chi connectivity index (χ1v) is 3.76. The third-order valence-electron chi connectivity index (χ3n) is 1.85. The summed E-state index contributed by atoms with van der Waals surface area (Å²) in [6.45, 7) is 1.79. The van der Waals surface area contributed by atoms with Crippen LogP contribution in [-0.4, -0.2) is 15.0 Å². The molecule has 0 aliphatic carbocycles. The summed E-state index contributed by atoms with van der Waals surface area (Å²) >= 11 is 0. The summed E-state index contributed by atoms with van der Waals surface area (Å²) in [5.74, 6) is 0. The third-order valence-corrected chi connectivity index (χ3v) is 1.85. The summed E-state index contributed by atoms with van der Waals surface area (Å²) in [4.78, 5) is 30.7. The van der Waals surface area contributed by atoms with Crippen LogP contribution in [0, 0.1) is 6.92 Å². The number of aromatic nitrogens is 3. The molecule has 5 nitrogen and oxygen atoms in total. The maximum absolute atomic E-state index is 11.3. The van der Waals surface area contributed by atoms with Gasteiger partial charge >= 0.3 is 5.69 Å². The van der Waals surface area contributed by atoms with Crippen molar-refractivity contribution >= 4 is 11.0 Å². The van der Waals surface area contributed by atoms with Gasteiger partial charge in [-0.15, -0.1) is 0 Å². The molecule has 0 spiro atoms. The Morgan fingerprint density at radius 2 is 2.08 bits per heavy atom. The lowest BCUT2D eigenvalue weighted by atomic mass is 10.2. The van der Waals surface area contributed by atoms with Crippen LogP contribution in [0.15, 0.2) is 21.9 Å². The molecule has 0 amide bonds. The molecule has 0 saturated heterocycles. The summed E-state index contributed by atoms with van der Waals surface area (Å²) in [5.41, 5.74) is 0.191. The number of aryl methyl sites for hydroxylation is 1. The van der Waals surface area contributed by atoms with E-state index in [4.69, 9.17) is 0 Å². The minimum absolute atomic E-state index is 0.328. The fraction of sp³-hybridized carbons (Fsp3) is 0.125. The van der Waals surface area contributed by atoms with Crippen molar-refractivity contribution in [3.63, 3.8) is 0 Å². The fourth-order valence-corrected chi connectivity index (χ4v) is 1.24. The number of aromatic amines is 2. The number of hydrogen-bond donors (Lipinski definition) is 2. The van der Waals surface area contributed by atoms with E-state index in [-0.39, 0.29) is 0 Å². The van der Waals surface area contributed by atoms with E-state index in [1.54, 1.807) is 19.2 Å². The summed E-state index contributed by atoms with van der Waals surface area (Å²) in [5, 5.41) is 0.433. The molecule has 0 saturated carbocycles. The molecule has 2 N–H and O–H groups in total. The summed E-state index contributed by atoms with van der Waals surface area (Å²) in [7, 11) is 0. The lowest BCUT2D eigenvalue weighted by Gasteiger charge is -1.97. The van der Waals surface area contributed by atoms with E-state index >= 15 is 0 Å². The van der Waals surface area contributed by atoms with Gasteiger partial charge in [0.1, 0.15) is 5.65 Å². The Balaban J connectivity index is 3.12. The van der Waals surface area contributed by atoms with Crippen LogP contribution in [0.2, 0.25) is 0 Å². The Morgan fingerprint density at radius 1 is 1.31 bits per heavy atom. The average Bonchev–Trinajstić information content (AvgIpc) is 2.02. The van der Waals surface area contributed by atoms with Crippen LogP contribution in [0.25, 0.3) is 11.0 Å². The molecule has 0 aliphatic rings. The van der Waals surface area contributed by atoms with Gasteiger partial charge in [-0.25, -0.2) is 9.78 Å². The predicted octanol–water partition coefficient (Wildman–Crippen LogP) is -0.0802. The average molecular weight is 177 g/mol. The van der Waals surface area contributed by atoms with Crippen molar-refractivity contribution in [3.8, 4) is 0 Å². The molecule has 2 rings (SSSR count).